The highest BCUT2D eigenvalue weighted by atomic mass is 16.5. The average molecular weight is 349 g/mol. The number of benzene rings is 2. The van der Waals surface area contributed by atoms with Gasteiger partial charge in [-0.05, 0) is 42.7 Å². The Morgan fingerprint density at radius 3 is 2.46 bits per heavy atom. The molecule has 1 aliphatic heterocycles. The molecule has 0 bridgehead atoms. The van der Waals surface area contributed by atoms with Gasteiger partial charge in [0.25, 0.3) is 5.56 Å². The van der Waals surface area contributed by atoms with Crippen LogP contribution in [0.2, 0.25) is 0 Å². The number of hydrogen-bond donors (Lipinski definition) is 0. The van der Waals surface area contributed by atoms with E-state index in [-0.39, 0.29) is 5.56 Å². The number of aromatic nitrogens is 2. The first-order valence-corrected chi connectivity index (χ1v) is 9.02. The Morgan fingerprint density at radius 2 is 1.73 bits per heavy atom. The molecule has 4 rings (SSSR count). The molecule has 1 aliphatic rings. The Hall–Kier alpha value is -2.66. The predicted molar refractivity (Wildman–Crippen MR) is 104 cm³/mol. The fourth-order valence-corrected chi connectivity index (χ4v) is 3.39. The number of hydrogen-bond acceptors (Lipinski definition) is 4. The molecule has 0 saturated carbocycles. The first-order chi connectivity index (χ1) is 12.6. The van der Waals surface area contributed by atoms with Crippen molar-refractivity contribution in [2.45, 2.75) is 20.4 Å². The van der Waals surface area contributed by atoms with Crippen molar-refractivity contribution in [3.63, 3.8) is 0 Å². The maximum atomic E-state index is 13.3. The summed E-state index contributed by atoms with van der Waals surface area (Å²) in [6, 6.07) is 14.2. The number of morpholine rings is 1. The molecule has 26 heavy (non-hydrogen) atoms. The highest BCUT2D eigenvalue weighted by Crippen LogP contribution is 2.20. The molecule has 0 N–H and O–H groups in total. The average Bonchev–Trinajstić information content (AvgIpc) is 2.67. The third kappa shape index (κ3) is 3.10. The van der Waals surface area contributed by atoms with Gasteiger partial charge in [-0.1, -0.05) is 30.3 Å². The van der Waals surface area contributed by atoms with Crippen LogP contribution in [0.3, 0.4) is 0 Å². The smallest absolute Gasteiger partial charge is 0.294 e. The van der Waals surface area contributed by atoms with Crippen LogP contribution in [0, 0.1) is 13.8 Å². The number of aryl methyl sites for hydroxylation is 2. The lowest BCUT2D eigenvalue weighted by atomic mass is 10.1. The van der Waals surface area contributed by atoms with Gasteiger partial charge in [0, 0.05) is 13.1 Å². The molecule has 0 amide bonds. The number of fused-ring (bicyclic) bond motifs is 1. The number of nitrogens with zero attached hydrogens (tertiary/aromatic N) is 3. The highest BCUT2D eigenvalue weighted by Gasteiger charge is 2.20. The van der Waals surface area contributed by atoms with E-state index in [9.17, 15) is 4.79 Å². The molecule has 0 spiro atoms. The van der Waals surface area contributed by atoms with Crippen molar-refractivity contribution >= 4 is 16.9 Å². The van der Waals surface area contributed by atoms with Crippen LogP contribution in [0.15, 0.2) is 47.3 Å². The fraction of sp³-hybridized carbons (Fsp3) is 0.333. The van der Waals surface area contributed by atoms with E-state index in [1.807, 2.05) is 39.8 Å². The zero-order valence-electron chi connectivity index (χ0n) is 15.2. The van der Waals surface area contributed by atoms with E-state index in [0.29, 0.717) is 38.7 Å². The van der Waals surface area contributed by atoms with Gasteiger partial charge in [0.15, 0.2) is 5.82 Å². The molecule has 2 aromatic carbocycles. The van der Waals surface area contributed by atoms with Gasteiger partial charge in [-0.15, -0.1) is 0 Å². The van der Waals surface area contributed by atoms with Gasteiger partial charge in [0.1, 0.15) is 0 Å². The largest absolute Gasteiger partial charge is 0.378 e. The predicted octanol–water partition coefficient (Wildman–Crippen LogP) is 2.90. The minimum atomic E-state index is -0.0356. The van der Waals surface area contributed by atoms with Crippen LogP contribution in [-0.2, 0) is 11.3 Å². The lowest BCUT2D eigenvalue weighted by Crippen LogP contribution is -2.41. The summed E-state index contributed by atoms with van der Waals surface area (Å²) in [5.41, 5.74) is 5.17. The number of ether oxygens (including phenoxy) is 1. The lowest BCUT2D eigenvalue weighted by molar-refractivity contribution is 0.122. The lowest BCUT2D eigenvalue weighted by Gasteiger charge is -2.28. The maximum Gasteiger partial charge on any atom is 0.294 e. The molecule has 0 unspecified atom stereocenters. The molecule has 5 nitrogen and oxygen atoms in total. The van der Waals surface area contributed by atoms with E-state index in [2.05, 4.69) is 26.0 Å². The highest BCUT2D eigenvalue weighted by molar-refractivity contribution is 5.78. The zero-order chi connectivity index (χ0) is 18.1. The van der Waals surface area contributed by atoms with Crippen LogP contribution in [0.25, 0.3) is 11.0 Å². The Balaban J connectivity index is 1.92. The SMILES string of the molecule is Cc1cc2nc(N3CCOCC3)c(=O)n(Cc3ccccc3)c2cc1C. The Bertz CT molecular complexity index is 990. The topological polar surface area (TPSA) is 47.4 Å². The minimum Gasteiger partial charge on any atom is -0.378 e. The third-order valence-corrected chi connectivity index (χ3v) is 5.04. The summed E-state index contributed by atoms with van der Waals surface area (Å²) in [4.78, 5) is 20.1. The number of rotatable bonds is 3. The van der Waals surface area contributed by atoms with Crippen molar-refractivity contribution in [1.29, 1.82) is 0 Å². The van der Waals surface area contributed by atoms with Crippen LogP contribution in [0.5, 0.6) is 0 Å². The Kier molecular flexibility index (Phi) is 4.47. The maximum absolute atomic E-state index is 13.3. The fourth-order valence-electron chi connectivity index (χ4n) is 3.39. The summed E-state index contributed by atoms with van der Waals surface area (Å²) >= 11 is 0. The van der Waals surface area contributed by atoms with Crippen molar-refractivity contribution in [3.8, 4) is 0 Å². The molecule has 5 heteroatoms. The van der Waals surface area contributed by atoms with E-state index in [4.69, 9.17) is 9.72 Å². The summed E-state index contributed by atoms with van der Waals surface area (Å²) < 4.78 is 7.29. The molecular formula is C21H23N3O2. The van der Waals surface area contributed by atoms with Crippen LogP contribution >= 0.6 is 0 Å². The Morgan fingerprint density at radius 1 is 1.04 bits per heavy atom. The molecule has 0 radical (unpaired) electrons. The van der Waals surface area contributed by atoms with Crippen molar-refractivity contribution < 1.29 is 4.74 Å². The summed E-state index contributed by atoms with van der Waals surface area (Å²) in [7, 11) is 0. The zero-order valence-corrected chi connectivity index (χ0v) is 15.2. The van der Waals surface area contributed by atoms with E-state index in [1.165, 1.54) is 11.1 Å². The number of anilines is 1. The van der Waals surface area contributed by atoms with Gasteiger partial charge in [0.05, 0.1) is 30.8 Å². The van der Waals surface area contributed by atoms with Crippen molar-refractivity contribution in [3.05, 3.63) is 69.5 Å². The molecular weight excluding hydrogens is 326 g/mol. The van der Waals surface area contributed by atoms with Crippen molar-refractivity contribution in [1.82, 2.24) is 9.55 Å². The second-order valence-corrected chi connectivity index (χ2v) is 6.84. The summed E-state index contributed by atoms with van der Waals surface area (Å²) in [5, 5.41) is 0. The van der Waals surface area contributed by atoms with Gasteiger partial charge < -0.3 is 9.64 Å². The molecule has 134 valence electrons. The second-order valence-electron chi connectivity index (χ2n) is 6.84. The van der Waals surface area contributed by atoms with Crippen LogP contribution in [0.1, 0.15) is 16.7 Å². The van der Waals surface area contributed by atoms with Gasteiger partial charge in [-0.25, -0.2) is 4.98 Å². The van der Waals surface area contributed by atoms with Gasteiger partial charge in [0.2, 0.25) is 0 Å². The molecule has 2 heterocycles. The van der Waals surface area contributed by atoms with Gasteiger partial charge in [-0.2, -0.15) is 0 Å². The molecule has 0 aliphatic carbocycles. The normalized spacial score (nSPS) is 14.8. The van der Waals surface area contributed by atoms with Crippen LogP contribution < -0.4 is 10.5 Å². The van der Waals surface area contributed by atoms with Crippen molar-refractivity contribution in [2.24, 2.45) is 0 Å². The molecule has 1 saturated heterocycles. The molecule has 0 atom stereocenters. The van der Waals surface area contributed by atoms with E-state index in [1.54, 1.807) is 0 Å². The van der Waals surface area contributed by atoms with E-state index >= 15 is 0 Å². The van der Waals surface area contributed by atoms with Gasteiger partial charge >= 0.3 is 0 Å². The van der Waals surface area contributed by atoms with Crippen LogP contribution in [-0.4, -0.2) is 35.9 Å². The quantitative estimate of drug-likeness (QED) is 0.729. The molecule has 3 aromatic rings. The minimum absolute atomic E-state index is 0.0356. The third-order valence-electron chi connectivity index (χ3n) is 5.04. The van der Waals surface area contributed by atoms with E-state index < -0.39 is 0 Å². The summed E-state index contributed by atoms with van der Waals surface area (Å²) in [6.45, 7) is 7.35. The molecule has 1 fully saturated rings. The van der Waals surface area contributed by atoms with Gasteiger partial charge in [-0.3, -0.25) is 9.36 Å². The van der Waals surface area contributed by atoms with Crippen LogP contribution in [0.4, 0.5) is 5.82 Å². The second kappa shape index (κ2) is 6.92. The first-order valence-electron chi connectivity index (χ1n) is 9.02. The van der Waals surface area contributed by atoms with E-state index in [0.717, 1.165) is 16.6 Å². The van der Waals surface area contributed by atoms with Crippen molar-refractivity contribution in [2.75, 3.05) is 31.2 Å². The first kappa shape index (κ1) is 16.8. The standard InChI is InChI=1S/C21H23N3O2/c1-15-12-18-19(13-16(15)2)24(14-17-6-4-3-5-7-17)21(25)20(22-18)23-8-10-26-11-9-23/h3-7,12-13H,8-11,14H2,1-2H3. The molecule has 1 aromatic heterocycles. The summed E-state index contributed by atoms with van der Waals surface area (Å²) in [5.74, 6) is 0.528. The summed E-state index contributed by atoms with van der Waals surface area (Å²) in [6.07, 6.45) is 0. The Labute approximate surface area is 152 Å². The monoisotopic (exact) mass is 349 g/mol.